The van der Waals surface area contributed by atoms with E-state index in [1.807, 2.05) is 131 Å². The minimum Gasteiger partial charge on any atom is -0.411 e. The third kappa shape index (κ3) is 8.26. The molecule has 0 amide bonds. The Morgan fingerprint density at radius 1 is 0.424 bits per heavy atom. The number of benzene rings is 4. The van der Waals surface area contributed by atoms with Crippen LogP contribution >= 0.6 is 24.4 Å². The second-order valence-corrected chi connectivity index (χ2v) is 8.61. The summed E-state index contributed by atoms with van der Waals surface area (Å²) >= 11 is 20.5. The molecule has 0 saturated heterocycles. The van der Waals surface area contributed by atoms with Crippen LogP contribution in [0.5, 0.6) is 0 Å². The molecule has 0 aromatic heterocycles. The second-order valence-electron chi connectivity index (χ2n) is 6.54. The van der Waals surface area contributed by atoms with Gasteiger partial charge in [0.05, 0.1) is 0 Å². The molecule has 4 aromatic rings. The maximum absolute atomic E-state index is 5.12. The standard InChI is InChI=1S/2C13H11NS2.Ca/c2*15-13(16)14(11-7-3-1-4-8-11)12-9-5-2-6-10-12;/h2*1-10H,(H,15,16);/q;;+2/p-2. The monoisotopic (exact) mass is 528 g/mol. The molecule has 4 rings (SSSR count). The number of hydrogen-bond acceptors (Lipinski definition) is 4. The van der Waals surface area contributed by atoms with Gasteiger partial charge in [-0.2, -0.15) is 0 Å². The van der Waals surface area contributed by atoms with Gasteiger partial charge in [-0.3, -0.25) is 0 Å². The molecule has 7 heteroatoms. The molecule has 0 unspecified atom stereocenters. The van der Waals surface area contributed by atoms with Gasteiger partial charge in [0.25, 0.3) is 0 Å². The molecule has 2 nitrogen and oxygen atoms in total. The maximum Gasteiger partial charge on any atom is 2.00 e. The van der Waals surface area contributed by atoms with Crippen molar-refractivity contribution >= 4 is 119 Å². The molecule has 0 aliphatic heterocycles. The summed E-state index contributed by atoms with van der Waals surface area (Å²) in [6, 6.07) is 39.6. The van der Waals surface area contributed by atoms with Crippen molar-refractivity contribution < 1.29 is 0 Å². The van der Waals surface area contributed by atoms with Gasteiger partial charge in [-0.05, 0) is 48.5 Å². The average Bonchev–Trinajstić information content (AvgIpc) is 2.82. The van der Waals surface area contributed by atoms with Gasteiger partial charge >= 0.3 is 37.7 Å². The van der Waals surface area contributed by atoms with Crippen LogP contribution in [0, 0.1) is 0 Å². The molecule has 0 fully saturated rings. The molecule has 0 aliphatic rings. The second kappa shape index (κ2) is 14.6. The molecule has 0 spiro atoms. The van der Waals surface area contributed by atoms with Gasteiger partial charge in [0, 0.05) is 22.7 Å². The van der Waals surface area contributed by atoms with E-state index in [4.69, 9.17) is 49.7 Å². The van der Waals surface area contributed by atoms with Crippen LogP contribution in [0.25, 0.3) is 0 Å². The number of nitrogens with zero attached hydrogens (tertiary/aromatic N) is 2. The zero-order valence-electron chi connectivity index (χ0n) is 17.8. The number of anilines is 4. The Labute approximate surface area is 247 Å². The van der Waals surface area contributed by atoms with Crippen molar-refractivity contribution in [2.75, 3.05) is 9.80 Å². The molecule has 0 heterocycles. The molecular formula is C26H20CaN2S4. The van der Waals surface area contributed by atoms with Crippen molar-refractivity contribution in [3.05, 3.63) is 121 Å². The topological polar surface area (TPSA) is 6.48 Å². The normalized spacial score (nSPS) is 9.45. The van der Waals surface area contributed by atoms with Crippen molar-refractivity contribution in [1.29, 1.82) is 0 Å². The summed E-state index contributed by atoms with van der Waals surface area (Å²) < 4.78 is 0.856. The third-order valence-corrected chi connectivity index (χ3v) is 5.15. The molecule has 0 saturated carbocycles. The first-order valence-corrected chi connectivity index (χ1v) is 11.4. The summed E-state index contributed by atoms with van der Waals surface area (Å²) in [5.74, 6) is 0. The first kappa shape index (κ1) is 27.6. The zero-order chi connectivity index (χ0) is 22.8. The average molecular weight is 529 g/mol. The molecule has 160 valence electrons. The fraction of sp³-hybridized carbons (Fsp3) is 0. The number of para-hydroxylation sites is 4. The van der Waals surface area contributed by atoms with E-state index in [0.29, 0.717) is 8.64 Å². The van der Waals surface area contributed by atoms with Gasteiger partial charge in [0.1, 0.15) is 0 Å². The van der Waals surface area contributed by atoms with E-state index in [1.54, 1.807) is 0 Å². The van der Waals surface area contributed by atoms with Crippen molar-refractivity contribution in [3.8, 4) is 0 Å². The Bertz CT molecular complexity index is 956. The summed E-state index contributed by atoms with van der Waals surface area (Å²) in [4.78, 5) is 3.76. The number of rotatable bonds is 4. The summed E-state index contributed by atoms with van der Waals surface area (Å²) in [5.41, 5.74) is 3.98. The van der Waals surface area contributed by atoms with Crippen molar-refractivity contribution in [2.45, 2.75) is 0 Å². The minimum atomic E-state index is 0. The van der Waals surface area contributed by atoms with Crippen LogP contribution in [0.4, 0.5) is 22.7 Å². The molecule has 0 N–H and O–H groups in total. The largest absolute Gasteiger partial charge is 2.00 e. The van der Waals surface area contributed by atoms with Crippen molar-refractivity contribution in [1.82, 2.24) is 0 Å². The molecule has 0 radical (unpaired) electrons. The van der Waals surface area contributed by atoms with E-state index in [9.17, 15) is 0 Å². The van der Waals surface area contributed by atoms with Crippen molar-refractivity contribution in [3.63, 3.8) is 0 Å². The van der Waals surface area contributed by atoms with Crippen LogP contribution in [-0.4, -0.2) is 46.4 Å². The number of hydrogen-bond donors (Lipinski definition) is 0. The van der Waals surface area contributed by atoms with E-state index in [2.05, 4.69) is 0 Å². The van der Waals surface area contributed by atoms with Gasteiger partial charge in [0.15, 0.2) is 0 Å². The summed E-state index contributed by atoms with van der Waals surface area (Å²) in [6.07, 6.45) is 0. The Morgan fingerprint density at radius 2 is 0.606 bits per heavy atom. The van der Waals surface area contributed by atoms with Gasteiger partial charge in [-0.1, -0.05) is 81.4 Å². The Hall–Kier alpha value is -1.64. The van der Waals surface area contributed by atoms with Crippen LogP contribution < -0.4 is 9.80 Å². The number of thiocarbonyl (C=S) groups is 2. The van der Waals surface area contributed by atoms with Crippen LogP contribution in [0.1, 0.15) is 0 Å². The Balaban J connectivity index is 0.000000227. The minimum absolute atomic E-state index is 0. The molecule has 0 atom stereocenters. The van der Waals surface area contributed by atoms with Crippen molar-refractivity contribution in [2.24, 2.45) is 0 Å². The predicted octanol–water partition coefficient (Wildman–Crippen LogP) is 6.93. The van der Waals surface area contributed by atoms with Crippen LogP contribution in [0.15, 0.2) is 121 Å². The quantitative estimate of drug-likeness (QED) is 0.160. The summed E-state index contributed by atoms with van der Waals surface area (Å²) in [7, 11) is 0. The Kier molecular flexibility index (Phi) is 12.2. The predicted molar refractivity (Wildman–Crippen MR) is 156 cm³/mol. The van der Waals surface area contributed by atoms with E-state index in [-0.39, 0.29) is 37.7 Å². The van der Waals surface area contributed by atoms with Crippen LogP contribution in [0.2, 0.25) is 0 Å². The third-order valence-electron chi connectivity index (χ3n) is 4.42. The summed E-state index contributed by atoms with van der Waals surface area (Å²) in [5, 5.41) is 0. The van der Waals surface area contributed by atoms with E-state index < -0.39 is 0 Å². The van der Waals surface area contributed by atoms with Gasteiger partial charge < -0.3 is 59.5 Å². The van der Waals surface area contributed by atoms with E-state index in [0.717, 1.165) is 22.7 Å². The SMILES string of the molecule is S=C([S-])N(c1ccccc1)c1ccccc1.S=C([S-])N(c1ccccc1)c1ccccc1.[Ca+2]. The van der Waals surface area contributed by atoms with Crippen LogP contribution in [-0.2, 0) is 25.3 Å². The van der Waals surface area contributed by atoms with Gasteiger partial charge in [0.2, 0.25) is 0 Å². The molecule has 0 aliphatic carbocycles. The van der Waals surface area contributed by atoms with Gasteiger partial charge in [-0.25, -0.2) is 0 Å². The molecule has 33 heavy (non-hydrogen) atoms. The summed E-state index contributed by atoms with van der Waals surface area (Å²) in [6.45, 7) is 0. The Morgan fingerprint density at radius 3 is 0.758 bits per heavy atom. The van der Waals surface area contributed by atoms with E-state index >= 15 is 0 Å². The molecular weight excluding hydrogens is 509 g/mol. The van der Waals surface area contributed by atoms with Crippen LogP contribution in [0.3, 0.4) is 0 Å². The molecule has 4 aromatic carbocycles. The fourth-order valence-electron chi connectivity index (χ4n) is 3.03. The maximum atomic E-state index is 5.12. The zero-order valence-corrected chi connectivity index (χ0v) is 23.3. The fourth-order valence-corrected chi connectivity index (χ4v) is 3.87. The first-order chi connectivity index (χ1) is 15.6. The van der Waals surface area contributed by atoms with Gasteiger partial charge in [-0.15, -0.1) is 0 Å². The first-order valence-electron chi connectivity index (χ1n) is 9.80. The van der Waals surface area contributed by atoms with E-state index in [1.165, 1.54) is 0 Å². The smallest absolute Gasteiger partial charge is 0.411 e. The molecule has 0 bridgehead atoms.